The summed E-state index contributed by atoms with van der Waals surface area (Å²) in [4.78, 5) is 11.9. The maximum absolute atomic E-state index is 11.9. The van der Waals surface area contributed by atoms with Gasteiger partial charge in [-0.15, -0.1) is 0 Å². The molecule has 1 aromatic carbocycles. The van der Waals surface area contributed by atoms with Crippen LogP contribution in [0.5, 0.6) is 5.75 Å². The van der Waals surface area contributed by atoms with Crippen molar-refractivity contribution in [3.63, 3.8) is 0 Å². The lowest BCUT2D eigenvalue weighted by molar-refractivity contribution is -0.117. The van der Waals surface area contributed by atoms with Crippen LogP contribution in [0.1, 0.15) is 38.3 Å². The van der Waals surface area contributed by atoms with Gasteiger partial charge in [0.15, 0.2) is 0 Å². The number of benzene rings is 1. The molecule has 4 nitrogen and oxygen atoms in total. The summed E-state index contributed by atoms with van der Waals surface area (Å²) in [6.45, 7) is 5.56. The third kappa shape index (κ3) is 3.09. The summed E-state index contributed by atoms with van der Waals surface area (Å²) in [5.74, 6) is 0.777. The highest BCUT2D eigenvalue weighted by Gasteiger charge is 2.30. The molecular weight excluding hydrogens is 308 g/mol. The molecule has 1 aliphatic rings. The number of hydrogen-bond donors (Lipinski definition) is 2. The van der Waals surface area contributed by atoms with Crippen LogP contribution in [-0.2, 0) is 4.79 Å². The molecule has 0 spiro atoms. The summed E-state index contributed by atoms with van der Waals surface area (Å²) in [5, 5.41) is 6.06. The summed E-state index contributed by atoms with van der Waals surface area (Å²) in [7, 11) is 0. The molecule has 0 aliphatic carbocycles. The predicted octanol–water partition coefficient (Wildman–Crippen LogP) is 3.23. The molecule has 0 fully saturated rings. The number of carbonyl (C=O) groups is 1. The number of likely N-dealkylation sites (N-methyl/N-ethyl adjacent to an activating group) is 1. The number of anilines is 1. The van der Waals surface area contributed by atoms with Crippen molar-refractivity contribution in [2.24, 2.45) is 0 Å². The first kappa shape index (κ1) is 14.3. The molecule has 1 atom stereocenters. The van der Waals surface area contributed by atoms with Gasteiger partial charge in [-0.1, -0.05) is 20.3 Å². The van der Waals surface area contributed by atoms with Gasteiger partial charge in [0.2, 0.25) is 5.91 Å². The average molecular weight is 327 g/mol. The second-order valence-corrected chi connectivity index (χ2v) is 5.41. The van der Waals surface area contributed by atoms with Gasteiger partial charge >= 0.3 is 0 Å². The second kappa shape index (κ2) is 6.39. The highest BCUT2D eigenvalue weighted by Crippen LogP contribution is 2.38. The molecule has 0 saturated heterocycles. The molecule has 0 radical (unpaired) electrons. The van der Waals surface area contributed by atoms with Crippen LogP contribution in [0.2, 0.25) is 0 Å². The molecule has 1 aromatic rings. The van der Waals surface area contributed by atoms with Crippen molar-refractivity contribution in [3.8, 4) is 5.75 Å². The molecule has 2 N–H and O–H groups in total. The van der Waals surface area contributed by atoms with Crippen LogP contribution in [-0.4, -0.2) is 19.1 Å². The fourth-order valence-corrected chi connectivity index (χ4v) is 2.58. The Morgan fingerprint density at radius 1 is 1.42 bits per heavy atom. The number of halogens is 1. The number of nitrogens with one attached hydrogen (secondary N) is 2. The largest absolute Gasteiger partial charge is 0.492 e. The lowest BCUT2D eigenvalue weighted by Gasteiger charge is -2.12. The van der Waals surface area contributed by atoms with E-state index < -0.39 is 0 Å². The number of unbranched alkanes of at least 4 members (excludes halogenated alkanes) is 1. The van der Waals surface area contributed by atoms with Crippen molar-refractivity contribution >= 4 is 27.5 Å². The molecule has 0 aromatic heterocycles. The Labute approximate surface area is 122 Å². The number of hydrogen-bond acceptors (Lipinski definition) is 3. The topological polar surface area (TPSA) is 50.4 Å². The number of carbonyl (C=O) groups excluding carboxylic acids is 1. The summed E-state index contributed by atoms with van der Waals surface area (Å²) in [6, 6.07) is 3.59. The van der Waals surface area contributed by atoms with Crippen LogP contribution < -0.4 is 15.4 Å². The molecule has 2 rings (SSSR count). The van der Waals surface area contributed by atoms with E-state index in [1.807, 2.05) is 19.1 Å². The van der Waals surface area contributed by atoms with Crippen molar-refractivity contribution < 1.29 is 9.53 Å². The zero-order chi connectivity index (χ0) is 13.8. The predicted molar refractivity (Wildman–Crippen MR) is 79.6 cm³/mol. The fraction of sp³-hybridized carbons (Fsp3) is 0.500. The van der Waals surface area contributed by atoms with E-state index in [9.17, 15) is 4.79 Å². The van der Waals surface area contributed by atoms with E-state index in [1.54, 1.807) is 0 Å². The summed E-state index contributed by atoms with van der Waals surface area (Å²) in [5.41, 5.74) is 1.81. The summed E-state index contributed by atoms with van der Waals surface area (Å²) < 4.78 is 6.60. The minimum absolute atomic E-state index is 0.00513. The zero-order valence-corrected chi connectivity index (χ0v) is 12.8. The minimum Gasteiger partial charge on any atom is -0.492 e. The molecular formula is C14H19BrN2O2. The number of ether oxygens (including phenoxy) is 1. The molecule has 1 heterocycles. The van der Waals surface area contributed by atoms with Gasteiger partial charge in [-0.2, -0.15) is 0 Å². The minimum atomic E-state index is -0.263. The molecule has 19 heavy (non-hydrogen) atoms. The van der Waals surface area contributed by atoms with Gasteiger partial charge in [0, 0.05) is 17.3 Å². The molecule has 1 aliphatic heterocycles. The van der Waals surface area contributed by atoms with Gasteiger partial charge in [-0.05, 0) is 35.0 Å². The van der Waals surface area contributed by atoms with Crippen molar-refractivity contribution in [2.75, 3.05) is 18.5 Å². The van der Waals surface area contributed by atoms with Crippen LogP contribution >= 0.6 is 15.9 Å². The third-order valence-corrected chi connectivity index (χ3v) is 3.72. The van der Waals surface area contributed by atoms with Crippen molar-refractivity contribution in [2.45, 2.75) is 32.7 Å². The Kier molecular flexibility index (Phi) is 4.82. The molecule has 5 heteroatoms. The maximum atomic E-state index is 11.9. The molecule has 104 valence electrons. The quantitative estimate of drug-likeness (QED) is 0.789. The third-order valence-electron chi connectivity index (χ3n) is 3.10. The zero-order valence-electron chi connectivity index (χ0n) is 11.3. The van der Waals surface area contributed by atoms with E-state index in [0.717, 1.165) is 40.9 Å². The standard InChI is InChI=1S/C14H19BrN2O2/c1-3-5-6-19-12-8-11-9(7-10(12)15)13(16-4-2)14(18)17-11/h7-8,13,16H,3-6H2,1-2H3,(H,17,18). The Morgan fingerprint density at radius 3 is 2.89 bits per heavy atom. The molecule has 1 unspecified atom stereocenters. The number of rotatable bonds is 6. The van der Waals surface area contributed by atoms with E-state index in [-0.39, 0.29) is 11.9 Å². The maximum Gasteiger partial charge on any atom is 0.246 e. The highest BCUT2D eigenvalue weighted by molar-refractivity contribution is 9.10. The first-order valence-electron chi connectivity index (χ1n) is 6.67. The average Bonchev–Trinajstić information content (AvgIpc) is 2.67. The van der Waals surface area contributed by atoms with E-state index in [4.69, 9.17) is 4.74 Å². The van der Waals surface area contributed by atoms with Crippen LogP contribution in [0.4, 0.5) is 5.69 Å². The van der Waals surface area contributed by atoms with Gasteiger partial charge < -0.3 is 15.4 Å². The van der Waals surface area contributed by atoms with Gasteiger partial charge in [0.1, 0.15) is 11.8 Å². The summed E-state index contributed by atoms with van der Waals surface area (Å²) >= 11 is 3.51. The fourth-order valence-electron chi connectivity index (χ4n) is 2.11. The Hall–Kier alpha value is -1.07. The van der Waals surface area contributed by atoms with Gasteiger partial charge in [0.25, 0.3) is 0 Å². The molecule has 0 saturated carbocycles. The van der Waals surface area contributed by atoms with E-state index in [2.05, 4.69) is 33.5 Å². The first-order valence-corrected chi connectivity index (χ1v) is 7.47. The Morgan fingerprint density at radius 2 is 2.21 bits per heavy atom. The van der Waals surface area contributed by atoms with Crippen LogP contribution in [0.15, 0.2) is 16.6 Å². The number of fused-ring (bicyclic) bond motifs is 1. The second-order valence-electron chi connectivity index (χ2n) is 4.55. The van der Waals surface area contributed by atoms with Crippen LogP contribution in [0, 0.1) is 0 Å². The lowest BCUT2D eigenvalue weighted by atomic mass is 10.1. The van der Waals surface area contributed by atoms with Crippen LogP contribution in [0.3, 0.4) is 0 Å². The van der Waals surface area contributed by atoms with Crippen molar-refractivity contribution in [1.82, 2.24) is 5.32 Å². The van der Waals surface area contributed by atoms with Gasteiger partial charge in [0.05, 0.1) is 11.1 Å². The van der Waals surface area contributed by atoms with Gasteiger partial charge in [-0.25, -0.2) is 0 Å². The summed E-state index contributed by atoms with van der Waals surface area (Å²) in [6.07, 6.45) is 2.12. The van der Waals surface area contributed by atoms with E-state index in [1.165, 1.54) is 0 Å². The molecule has 0 bridgehead atoms. The van der Waals surface area contributed by atoms with E-state index >= 15 is 0 Å². The lowest BCUT2D eigenvalue weighted by Crippen LogP contribution is -2.27. The van der Waals surface area contributed by atoms with Crippen molar-refractivity contribution in [1.29, 1.82) is 0 Å². The Bertz CT molecular complexity index is 477. The van der Waals surface area contributed by atoms with Gasteiger partial charge in [-0.3, -0.25) is 4.79 Å². The Balaban J connectivity index is 2.20. The van der Waals surface area contributed by atoms with E-state index in [0.29, 0.717) is 6.61 Å². The van der Waals surface area contributed by atoms with Crippen LogP contribution in [0.25, 0.3) is 0 Å². The van der Waals surface area contributed by atoms with Crippen molar-refractivity contribution in [3.05, 3.63) is 22.2 Å². The SMILES string of the molecule is CCCCOc1cc2c(cc1Br)C(NCC)C(=O)N2. The number of amides is 1. The highest BCUT2D eigenvalue weighted by atomic mass is 79.9. The first-order chi connectivity index (χ1) is 9.17. The normalized spacial score (nSPS) is 17.2. The molecule has 1 amide bonds. The monoisotopic (exact) mass is 326 g/mol. The smallest absolute Gasteiger partial charge is 0.246 e.